The zero-order valence-corrected chi connectivity index (χ0v) is 10.5. The fraction of sp³-hybridized carbons (Fsp3) is 0.571. The number of anilines is 1. The van der Waals surface area contributed by atoms with Gasteiger partial charge >= 0.3 is 0 Å². The highest BCUT2D eigenvalue weighted by Crippen LogP contribution is 2.40. The van der Waals surface area contributed by atoms with Gasteiger partial charge in [-0.05, 0) is 43.9 Å². The van der Waals surface area contributed by atoms with E-state index in [2.05, 4.69) is 11.4 Å². The van der Waals surface area contributed by atoms with Crippen molar-refractivity contribution in [2.75, 3.05) is 25.0 Å². The molecule has 0 radical (unpaired) electrons. The van der Waals surface area contributed by atoms with Crippen molar-refractivity contribution >= 4 is 5.69 Å². The predicted molar refractivity (Wildman–Crippen MR) is 71.4 cm³/mol. The van der Waals surface area contributed by atoms with E-state index in [0.29, 0.717) is 12.0 Å². The van der Waals surface area contributed by atoms with Crippen molar-refractivity contribution < 1.29 is 4.74 Å². The molecule has 1 aromatic rings. The molecule has 17 heavy (non-hydrogen) atoms. The van der Waals surface area contributed by atoms with Crippen LogP contribution in [0, 0.1) is 5.41 Å². The Hall–Kier alpha value is -1.22. The van der Waals surface area contributed by atoms with E-state index in [0.717, 1.165) is 24.5 Å². The Bertz CT molecular complexity index is 355. The minimum atomic E-state index is 0.319. The van der Waals surface area contributed by atoms with Gasteiger partial charge in [0.1, 0.15) is 5.75 Å². The van der Waals surface area contributed by atoms with Crippen LogP contribution in [-0.2, 0) is 0 Å². The summed E-state index contributed by atoms with van der Waals surface area (Å²) in [5.41, 5.74) is 7.26. The van der Waals surface area contributed by atoms with Crippen LogP contribution in [0.25, 0.3) is 0 Å². The van der Waals surface area contributed by atoms with Crippen molar-refractivity contribution in [2.24, 2.45) is 11.1 Å². The third-order valence-electron chi connectivity index (χ3n) is 3.69. The van der Waals surface area contributed by atoms with Crippen LogP contribution in [0.1, 0.15) is 26.2 Å². The molecule has 94 valence electrons. The number of hydrogen-bond acceptors (Lipinski definition) is 3. The molecule has 0 saturated heterocycles. The van der Waals surface area contributed by atoms with E-state index >= 15 is 0 Å². The highest BCUT2D eigenvalue weighted by molar-refractivity contribution is 5.56. The van der Waals surface area contributed by atoms with Gasteiger partial charge < -0.3 is 15.8 Å². The fourth-order valence-electron chi connectivity index (χ4n) is 2.31. The summed E-state index contributed by atoms with van der Waals surface area (Å²) in [6, 6.07) is 8.09. The minimum Gasteiger partial charge on any atom is -0.492 e. The molecule has 1 fully saturated rings. The van der Waals surface area contributed by atoms with Crippen molar-refractivity contribution in [1.82, 2.24) is 0 Å². The molecule has 3 N–H and O–H groups in total. The molecule has 0 atom stereocenters. The average molecular weight is 234 g/mol. The SMILES string of the molecule is CCOc1ccccc1NCC1(CN)CCC1. The summed E-state index contributed by atoms with van der Waals surface area (Å²) < 4.78 is 5.59. The first-order valence-corrected chi connectivity index (χ1v) is 6.45. The molecule has 0 aromatic heterocycles. The number of ether oxygens (including phenoxy) is 1. The van der Waals surface area contributed by atoms with Crippen LogP contribution in [0.4, 0.5) is 5.69 Å². The minimum absolute atomic E-state index is 0.319. The van der Waals surface area contributed by atoms with Gasteiger partial charge in [-0.15, -0.1) is 0 Å². The van der Waals surface area contributed by atoms with Gasteiger partial charge in [0, 0.05) is 6.54 Å². The zero-order chi connectivity index (χ0) is 12.1. The Labute approximate surface area is 103 Å². The average Bonchev–Trinajstić information content (AvgIpc) is 2.31. The summed E-state index contributed by atoms with van der Waals surface area (Å²) in [5, 5.41) is 3.49. The van der Waals surface area contributed by atoms with E-state index in [1.54, 1.807) is 0 Å². The molecule has 0 unspecified atom stereocenters. The highest BCUT2D eigenvalue weighted by atomic mass is 16.5. The van der Waals surface area contributed by atoms with E-state index in [4.69, 9.17) is 10.5 Å². The number of rotatable bonds is 6. The van der Waals surface area contributed by atoms with Gasteiger partial charge in [0.25, 0.3) is 0 Å². The largest absolute Gasteiger partial charge is 0.492 e. The lowest BCUT2D eigenvalue weighted by Crippen LogP contribution is -2.43. The molecule has 3 heteroatoms. The predicted octanol–water partition coefficient (Wildman–Crippen LogP) is 2.63. The number of hydrogen-bond donors (Lipinski definition) is 2. The standard InChI is InChI=1S/C14H22N2O/c1-2-17-13-7-4-3-6-12(13)16-11-14(10-15)8-5-9-14/h3-4,6-7,16H,2,5,8-11,15H2,1H3. The van der Waals surface area contributed by atoms with Crippen LogP contribution in [0.5, 0.6) is 5.75 Å². The number of nitrogens with two attached hydrogens (primary N) is 1. The Balaban J connectivity index is 1.98. The number of nitrogens with one attached hydrogen (secondary N) is 1. The fourth-order valence-corrected chi connectivity index (χ4v) is 2.31. The Morgan fingerprint density at radius 1 is 1.35 bits per heavy atom. The molecule has 0 aliphatic heterocycles. The summed E-state index contributed by atoms with van der Waals surface area (Å²) in [5.74, 6) is 0.932. The van der Waals surface area contributed by atoms with E-state index in [1.165, 1.54) is 19.3 Å². The summed E-state index contributed by atoms with van der Waals surface area (Å²) >= 11 is 0. The van der Waals surface area contributed by atoms with Crippen molar-refractivity contribution in [3.63, 3.8) is 0 Å². The van der Waals surface area contributed by atoms with Gasteiger partial charge in [-0.3, -0.25) is 0 Å². The lowest BCUT2D eigenvalue weighted by atomic mass is 9.69. The molecule has 0 bridgehead atoms. The summed E-state index contributed by atoms with van der Waals surface area (Å²) in [6.07, 6.45) is 3.80. The van der Waals surface area contributed by atoms with E-state index in [-0.39, 0.29) is 0 Å². The molecular formula is C14H22N2O. The molecule has 1 aliphatic rings. The van der Waals surface area contributed by atoms with Gasteiger partial charge in [-0.2, -0.15) is 0 Å². The third-order valence-corrected chi connectivity index (χ3v) is 3.69. The van der Waals surface area contributed by atoms with Crippen molar-refractivity contribution in [3.8, 4) is 5.75 Å². The monoisotopic (exact) mass is 234 g/mol. The van der Waals surface area contributed by atoms with E-state index < -0.39 is 0 Å². The Morgan fingerprint density at radius 3 is 2.71 bits per heavy atom. The Morgan fingerprint density at radius 2 is 2.12 bits per heavy atom. The molecule has 1 aliphatic carbocycles. The van der Waals surface area contributed by atoms with Crippen molar-refractivity contribution in [2.45, 2.75) is 26.2 Å². The third kappa shape index (κ3) is 2.72. The van der Waals surface area contributed by atoms with Gasteiger partial charge in [0.05, 0.1) is 12.3 Å². The van der Waals surface area contributed by atoms with Gasteiger partial charge in [-0.1, -0.05) is 18.6 Å². The maximum atomic E-state index is 5.86. The normalized spacial score (nSPS) is 17.3. The van der Waals surface area contributed by atoms with Gasteiger partial charge in [-0.25, -0.2) is 0 Å². The topological polar surface area (TPSA) is 47.3 Å². The maximum absolute atomic E-state index is 5.86. The van der Waals surface area contributed by atoms with Crippen LogP contribution in [0.3, 0.4) is 0 Å². The Kier molecular flexibility index (Phi) is 3.89. The maximum Gasteiger partial charge on any atom is 0.142 e. The van der Waals surface area contributed by atoms with Crippen molar-refractivity contribution in [1.29, 1.82) is 0 Å². The van der Waals surface area contributed by atoms with Crippen LogP contribution in [0.2, 0.25) is 0 Å². The first kappa shape index (κ1) is 12.2. The highest BCUT2D eigenvalue weighted by Gasteiger charge is 2.35. The summed E-state index contributed by atoms with van der Waals surface area (Å²) in [4.78, 5) is 0. The van der Waals surface area contributed by atoms with Gasteiger partial charge in [0.2, 0.25) is 0 Å². The summed E-state index contributed by atoms with van der Waals surface area (Å²) in [6.45, 7) is 4.43. The lowest BCUT2D eigenvalue weighted by Gasteiger charge is -2.41. The van der Waals surface area contributed by atoms with E-state index in [1.807, 2.05) is 25.1 Å². The van der Waals surface area contributed by atoms with Gasteiger partial charge in [0.15, 0.2) is 0 Å². The van der Waals surface area contributed by atoms with Crippen molar-refractivity contribution in [3.05, 3.63) is 24.3 Å². The molecule has 2 rings (SSSR count). The molecule has 1 saturated carbocycles. The zero-order valence-electron chi connectivity index (χ0n) is 10.5. The van der Waals surface area contributed by atoms with Crippen LogP contribution in [-0.4, -0.2) is 19.7 Å². The number of para-hydroxylation sites is 2. The molecule has 0 amide bonds. The second-order valence-corrected chi connectivity index (χ2v) is 4.84. The lowest BCUT2D eigenvalue weighted by molar-refractivity contribution is 0.163. The molecule has 3 nitrogen and oxygen atoms in total. The summed E-state index contributed by atoms with van der Waals surface area (Å²) in [7, 11) is 0. The molecule has 0 heterocycles. The molecule has 1 aromatic carbocycles. The first-order valence-electron chi connectivity index (χ1n) is 6.45. The van der Waals surface area contributed by atoms with Crippen LogP contribution < -0.4 is 15.8 Å². The second-order valence-electron chi connectivity index (χ2n) is 4.84. The smallest absolute Gasteiger partial charge is 0.142 e. The molecular weight excluding hydrogens is 212 g/mol. The van der Waals surface area contributed by atoms with Crippen LogP contribution in [0.15, 0.2) is 24.3 Å². The first-order chi connectivity index (χ1) is 8.29. The van der Waals surface area contributed by atoms with Crippen LogP contribution >= 0.6 is 0 Å². The quantitative estimate of drug-likeness (QED) is 0.795. The second kappa shape index (κ2) is 5.41. The molecule has 0 spiro atoms. The number of benzene rings is 1. The van der Waals surface area contributed by atoms with E-state index in [9.17, 15) is 0 Å².